The van der Waals surface area contributed by atoms with E-state index in [1.54, 1.807) is 24.3 Å². The van der Waals surface area contributed by atoms with Gasteiger partial charge in [0.15, 0.2) is 0 Å². The SMILES string of the molecule is O=C([O-])Cc1ccc(OCCCl)cc1. The van der Waals surface area contributed by atoms with Gasteiger partial charge < -0.3 is 14.6 Å². The molecule has 0 aliphatic carbocycles. The Morgan fingerprint density at radius 1 is 1.36 bits per heavy atom. The topological polar surface area (TPSA) is 49.4 Å². The van der Waals surface area contributed by atoms with Crippen molar-refractivity contribution in [2.75, 3.05) is 12.5 Å². The molecule has 0 aliphatic rings. The standard InChI is InChI=1S/C10H11ClO3/c11-5-6-14-9-3-1-8(2-4-9)7-10(12)13/h1-4H,5-7H2,(H,12,13)/p-1. The van der Waals surface area contributed by atoms with E-state index in [0.717, 1.165) is 0 Å². The fourth-order valence-corrected chi connectivity index (χ4v) is 1.10. The summed E-state index contributed by atoms with van der Waals surface area (Å²) in [5.41, 5.74) is 0.697. The summed E-state index contributed by atoms with van der Waals surface area (Å²) in [5.74, 6) is 0.0352. The molecule has 1 aromatic carbocycles. The quantitative estimate of drug-likeness (QED) is 0.673. The van der Waals surface area contributed by atoms with Crippen molar-refractivity contribution >= 4 is 17.6 Å². The number of hydrogen-bond donors (Lipinski definition) is 0. The van der Waals surface area contributed by atoms with E-state index in [4.69, 9.17) is 16.3 Å². The molecule has 0 bridgehead atoms. The predicted molar refractivity (Wildman–Crippen MR) is 51.4 cm³/mol. The second kappa shape index (κ2) is 5.50. The molecule has 76 valence electrons. The van der Waals surface area contributed by atoms with Crippen LogP contribution in [0, 0.1) is 0 Å². The summed E-state index contributed by atoms with van der Waals surface area (Å²) in [5, 5.41) is 10.3. The highest BCUT2D eigenvalue weighted by Crippen LogP contribution is 2.12. The number of carboxylic acids is 1. The maximum Gasteiger partial charge on any atom is 0.119 e. The summed E-state index contributed by atoms with van der Waals surface area (Å²) in [4.78, 5) is 10.3. The maximum atomic E-state index is 10.3. The maximum absolute atomic E-state index is 10.3. The van der Waals surface area contributed by atoms with Crippen molar-refractivity contribution < 1.29 is 14.6 Å². The Hall–Kier alpha value is -1.22. The Morgan fingerprint density at radius 3 is 2.50 bits per heavy atom. The van der Waals surface area contributed by atoms with Gasteiger partial charge in [-0.05, 0) is 17.7 Å². The number of hydrogen-bond acceptors (Lipinski definition) is 3. The minimum absolute atomic E-state index is 0.0736. The van der Waals surface area contributed by atoms with E-state index in [2.05, 4.69) is 0 Å². The van der Waals surface area contributed by atoms with Crippen molar-refractivity contribution in [2.45, 2.75) is 6.42 Å². The number of carbonyl (C=O) groups is 1. The fraction of sp³-hybridized carbons (Fsp3) is 0.300. The Bertz CT molecular complexity index is 295. The molecule has 14 heavy (non-hydrogen) atoms. The molecule has 0 heterocycles. The van der Waals surface area contributed by atoms with Gasteiger partial charge in [0.1, 0.15) is 12.4 Å². The first-order valence-electron chi connectivity index (χ1n) is 4.20. The van der Waals surface area contributed by atoms with Gasteiger partial charge in [-0.1, -0.05) is 12.1 Å². The molecule has 0 saturated heterocycles. The summed E-state index contributed by atoms with van der Waals surface area (Å²) in [6, 6.07) is 6.81. The van der Waals surface area contributed by atoms with Gasteiger partial charge in [0.05, 0.1) is 5.88 Å². The van der Waals surface area contributed by atoms with Crippen LogP contribution in [-0.4, -0.2) is 18.5 Å². The van der Waals surface area contributed by atoms with Crippen LogP contribution in [0.4, 0.5) is 0 Å². The summed E-state index contributed by atoms with van der Waals surface area (Å²) >= 11 is 5.44. The predicted octanol–water partition coefficient (Wildman–Crippen LogP) is 0.597. The molecular formula is C10H10ClO3-. The molecule has 0 amide bonds. The average molecular weight is 214 g/mol. The van der Waals surface area contributed by atoms with Crippen molar-refractivity contribution in [2.24, 2.45) is 0 Å². The third-order valence-corrected chi connectivity index (χ3v) is 1.77. The fourth-order valence-electron chi connectivity index (χ4n) is 1.03. The second-order valence-corrected chi connectivity index (χ2v) is 3.11. The molecule has 0 saturated carbocycles. The van der Waals surface area contributed by atoms with Crippen LogP contribution in [0.25, 0.3) is 0 Å². The van der Waals surface area contributed by atoms with Crippen LogP contribution >= 0.6 is 11.6 Å². The lowest BCUT2D eigenvalue weighted by Gasteiger charge is -2.05. The van der Waals surface area contributed by atoms with Crippen LogP contribution in [0.2, 0.25) is 0 Å². The zero-order valence-corrected chi connectivity index (χ0v) is 8.29. The van der Waals surface area contributed by atoms with Gasteiger partial charge in [-0.25, -0.2) is 0 Å². The van der Waals surface area contributed by atoms with Crippen molar-refractivity contribution in [3.63, 3.8) is 0 Å². The molecule has 4 heteroatoms. The van der Waals surface area contributed by atoms with Crippen LogP contribution < -0.4 is 9.84 Å². The lowest BCUT2D eigenvalue weighted by Crippen LogP contribution is -2.24. The Morgan fingerprint density at radius 2 is 2.00 bits per heavy atom. The Labute approximate surface area is 87.3 Å². The van der Waals surface area contributed by atoms with Gasteiger partial charge in [-0.2, -0.15) is 0 Å². The first-order chi connectivity index (χ1) is 6.72. The molecule has 0 unspecified atom stereocenters. The van der Waals surface area contributed by atoms with Crippen molar-refractivity contribution in [1.82, 2.24) is 0 Å². The zero-order valence-electron chi connectivity index (χ0n) is 7.53. The summed E-state index contributed by atoms with van der Waals surface area (Å²) in [6.07, 6.45) is -0.0736. The van der Waals surface area contributed by atoms with Gasteiger partial charge in [-0.15, -0.1) is 11.6 Å². The Kier molecular flexibility index (Phi) is 4.26. The van der Waals surface area contributed by atoms with E-state index in [1.165, 1.54) is 0 Å². The van der Waals surface area contributed by atoms with Gasteiger partial charge in [0.25, 0.3) is 0 Å². The summed E-state index contributed by atoms with van der Waals surface area (Å²) in [7, 11) is 0. The first kappa shape index (κ1) is 10.9. The van der Waals surface area contributed by atoms with Gasteiger partial charge in [0, 0.05) is 12.4 Å². The largest absolute Gasteiger partial charge is 0.550 e. The van der Waals surface area contributed by atoms with E-state index in [0.29, 0.717) is 23.8 Å². The molecule has 1 rings (SSSR count). The van der Waals surface area contributed by atoms with E-state index in [-0.39, 0.29) is 6.42 Å². The monoisotopic (exact) mass is 213 g/mol. The highest BCUT2D eigenvalue weighted by molar-refractivity contribution is 6.17. The molecule has 0 radical (unpaired) electrons. The molecule has 0 spiro atoms. The van der Waals surface area contributed by atoms with Crippen LogP contribution in [0.15, 0.2) is 24.3 Å². The van der Waals surface area contributed by atoms with Crippen molar-refractivity contribution in [3.8, 4) is 5.75 Å². The van der Waals surface area contributed by atoms with Crippen LogP contribution in [-0.2, 0) is 11.2 Å². The molecule has 0 aromatic heterocycles. The van der Waals surface area contributed by atoms with Crippen molar-refractivity contribution in [3.05, 3.63) is 29.8 Å². The number of halogens is 1. The molecule has 1 aromatic rings. The molecule has 0 atom stereocenters. The number of ether oxygens (including phenoxy) is 1. The minimum atomic E-state index is -1.08. The smallest absolute Gasteiger partial charge is 0.119 e. The van der Waals surface area contributed by atoms with Gasteiger partial charge in [0.2, 0.25) is 0 Å². The third kappa shape index (κ3) is 3.66. The number of carboxylic acid groups (broad SMARTS) is 1. The van der Waals surface area contributed by atoms with Crippen LogP contribution in [0.3, 0.4) is 0 Å². The van der Waals surface area contributed by atoms with Gasteiger partial charge >= 0.3 is 0 Å². The molecular weight excluding hydrogens is 204 g/mol. The minimum Gasteiger partial charge on any atom is -0.550 e. The summed E-state index contributed by atoms with van der Waals surface area (Å²) < 4.78 is 5.22. The zero-order chi connectivity index (χ0) is 10.4. The van der Waals surface area contributed by atoms with Crippen LogP contribution in [0.5, 0.6) is 5.75 Å². The molecule has 3 nitrogen and oxygen atoms in total. The Balaban J connectivity index is 2.54. The first-order valence-corrected chi connectivity index (χ1v) is 4.73. The van der Waals surface area contributed by atoms with Crippen LogP contribution in [0.1, 0.15) is 5.56 Å². The van der Waals surface area contributed by atoms with Gasteiger partial charge in [-0.3, -0.25) is 0 Å². The van der Waals surface area contributed by atoms with Crippen molar-refractivity contribution in [1.29, 1.82) is 0 Å². The highest BCUT2D eigenvalue weighted by atomic mass is 35.5. The lowest BCUT2D eigenvalue weighted by atomic mass is 10.1. The molecule has 0 N–H and O–H groups in total. The number of rotatable bonds is 5. The van der Waals surface area contributed by atoms with E-state index in [9.17, 15) is 9.90 Å². The summed E-state index contributed by atoms with van der Waals surface area (Å²) in [6.45, 7) is 0.446. The number of aliphatic carboxylic acids is 1. The number of alkyl halides is 1. The average Bonchev–Trinajstić information content (AvgIpc) is 2.16. The van der Waals surface area contributed by atoms with E-state index in [1.807, 2.05) is 0 Å². The molecule has 0 aliphatic heterocycles. The molecule has 0 fully saturated rings. The van der Waals surface area contributed by atoms with E-state index >= 15 is 0 Å². The normalized spacial score (nSPS) is 9.79. The third-order valence-electron chi connectivity index (χ3n) is 1.62. The number of benzene rings is 1. The van der Waals surface area contributed by atoms with E-state index < -0.39 is 5.97 Å². The number of carbonyl (C=O) groups excluding carboxylic acids is 1. The lowest BCUT2D eigenvalue weighted by molar-refractivity contribution is -0.304. The second-order valence-electron chi connectivity index (χ2n) is 2.73. The highest BCUT2D eigenvalue weighted by Gasteiger charge is 1.95.